The Balaban J connectivity index is 2.10. The fourth-order valence-electron chi connectivity index (χ4n) is 1.85. The van der Waals surface area contributed by atoms with E-state index >= 15 is 0 Å². The number of esters is 1. The number of amides is 1. The van der Waals surface area contributed by atoms with Gasteiger partial charge in [-0.05, 0) is 31.0 Å². The summed E-state index contributed by atoms with van der Waals surface area (Å²) < 4.78 is 4.56. The Morgan fingerprint density at radius 3 is 2.50 bits per heavy atom. The summed E-state index contributed by atoms with van der Waals surface area (Å²) in [5.41, 5.74) is 6.99. The van der Waals surface area contributed by atoms with Gasteiger partial charge in [0.25, 0.3) is 0 Å². The molecule has 0 radical (unpaired) electrons. The van der Waals surface area contributed by atoms with Crippen LogP contribution in [0, 0.1) is 0 Å². The molecule has 0 aliphatic rings. The van der Waals surface area contributed by atoms with Gasteiger partial charge in [-0.2, -0.15) is 0 Å². The van der Waals surface area contributed by atoms with Crippen LogP contribution in [0.15, 0.2) is 24.3 Å². The summed E-state index contributed by atoms with van der Waals surface area (Å²) in [5, 5.41) is 2.81. The number of nitrogen functional groups attached to an aromatic ring is 1. The van der Waals surface area contributed by atoms with Crippen molar-refractivity contribution in [2.75, 3.05) is 18.2 Å². The highest BCUT2D eigenvalue weighted by Gasteiger charge is 2.03. The maximum absolute atomic E-state index is 11.7. The van der Waals surface area contributed by atoms with Gasteiger partial charge in [0.1, 0.15) is 0 Å². The van der Waals surface area contributed by atoms with Gasteiger partial charge in [-0.15, -0.1) is 0 Å². The smallest absolute Gasteiger partial charge is 0.305 e. The van der Waals surface area contributed by atoms with Crippen LogP contribution >= 0.6 is 0 Å². The van der Waals surface area contributed by atoms with E-state index in [0.29, 0.717) is 18.5 Å². The predicted octanol–water partition coefficient (Wildman–Crippen LogP) is 2.72. The molecule has 0 aliphatic heterocycles. The number of nitrogens with one attached hydrogen (secondary N) is 1. The van der Waals surface area contributed by atoms with Crippen LogP contribution in [0.2, 0.25) is 0 Å². The number of carbonyl (C=O) groups excluding carboxylic acids is 2. The molecule has 0 unspecified atom stereocenters. The molecule has 0 fully saturated rings. The Morgan fingerprint density at radius 2 is 1.85 bits per heavy atom. The number of methoxy groups -OCH3 is 1. The van der Waals surface area contributed by atoms with Crippen LogP contribution in [0.4, 0.5) is 11.4 Å². The van der Waals surface area contributed by atoms with Crippen LogP contribution in [-0.2, 0) is 14.3 Å². The van der Waals surface area contributed by atoms with Crippen LogP contribution < -0.4 is 11.1 Å². The zero-order chi connectivity index (χ0) is 14.8. The second-order valence-corrected chi connectivity index (χ2v) is 4.66. The molecule has 0 aliphatic carbocycles. The Labute approximate surface area is 119 Å². The number of benzene rings is 1. The first-order chi connectivity index (χ1) is 9.61. The molecule has 0 aromatic heterocycles. The summed E-state index contributed by atoms with van der Waals surface area (Å²) in [4.78, 5) is 22.6. The van der Waals surface area contributed by atoms with Crippen molar-refractivity contribution in [2.24, 2.45) is 0 Å². The second-order valence-electron chi connectivity index (χ2n) is 4.66. The molecule has 3 N–H and O–H groups in total. The molecule has 5 nitrogen and oxygen atoms in total. The topological polar surface area (TPSA) is 81.4 Å². The fraction of sp³-hybridized carbons (Fsp3) is 0.467. The molecule has 1 aromatic carbocycles. The van der Waals surface area contributed by atoms with Gasteiger partial charge < -0.3 is 15.8 Å². The molecule has 0 saturated heterocycles. The summed E-state index contributed by atoms with van der Waals surface area (Å²) in [5.74, 6) is -0.187. The number of hydrogen-bond acceptors (Lipinski definition) is 4. The molecule has 5 heteroatoms. The van der Waals surface area contributed by atoms with Crippen molar-refractivity contribution in [1.82, 2.24) is 0 Å². The minimum absolute atomic E-state index is 0.0106. The molecule has 1 amide bonds. The summed E-state index contributed by atoms with van der Waals surface area (Å²) in [6.45, 7) is 0. The highest BCUT2D eigenvalue weighted by Crippen LogP contribution is 2.13. The van der Waals surface area contributed by atoms with Crippen LogP contribution in [0.3, 0.4) is 0 Å². The second kappa shape index (κ2) is 8.96. The summed E-state index contributed by atoms with van der Waals surface area (Å²) in [7, 11) is 1.39. The van der Waals surface area contributed by atoms with E-state index in [2.05, 4.69) is 10.1 Å². The molecule has 0 heterocycles. The highest BCUT2D eigenvalue weighted by molar-refractivity contribution is 5.91. The lowest BCUT2D eigenvalue weighted by Crippen LogP contribution is -2.11. The first kappa shape index (κ1) is 16.0. The van der Waals surface area contributed by atoms with E-state index in [-0.39, 0.29) is 11.9 Å². The molecular weight excluding hydrogens is 256 g/mol. The molecule has 1 rings (SSSR count). The Kier molecular flexibility index (Phi) is 7.17. The van der Waals surface area contributed by atoms with Gasteiger partial charge in [0.15, 0.2) is 0 Å². The van der Waals surface area contributed by atoms with E-state index in [1.54, 1.807) is 18.2 Å². The van der Waals surface area contributed by atoms with Crippen molar-refractivity contribution >= 4 is 23.3 Å². The Morgan fingerprint density at radius 1 is 1.15 bits per heavy atom. The van der Waals surface area contributed by atoms with Crippen molar-refractivity contribution in [3.8, 4) is 0 Å². The minimum Gasteiger partial charge on any atom is -0.469 e. The minimum atomic E-state index is -0.176. The van der Waals surface area contributed by atoms with Gasteiger partial charge in [-0.1, -0.05) is 18.9 Å². The number of carbonyl (C=O) groups is 2. The average molecular weight is 278 g/mol. The highest BCUT2D eigenvalue weighted by atomic mass is 16.5. The third kappa shape index (κ3) is 6.78. The molecule has 0 saturated carbocycles. The molecule has 20 heavy (non-hydrogen) atoms. The standard InChI is InChI=1S/C15H22N2O3/c1-20-15(19)10-5-3-2-4-9-14(18)17-13-8-6-7-12(16)11-13/h6-8,11H,2-5,9-10,16H2,1H3,(H,17,18). The van der Waals surface area contributed by atoms with E-state index in [1.807, 2.05) is 6.07 Å². The largest absolute Gasteiger partial charge is 0.469 e. The lowest BCUT2D eigenvalue weighted by molar-refractivity contribution is -0.140. The third-order valence-corrected chi connectivity index (χ3v) is 2.93. The first-order valence-corrected chi connectivity index (χ1v) is 6.84. The Hall–Kier alpha value is -2.04. The van der Waals surface area contributed by atoms with E-state index in [1.165, 1.54) is 7.11 Å². The SMILES string of the molecule is COC(=O)CCCCCCC(=O)Nc1cccc(N)c1. The van der Waals surface area contributed by atoms with Gasteiger partial charge in [-0.25, -0.2) is 0 Å². The van der Waals surface area contributed by atoms with Gasteiger partial charge >= 0.3 is 5.97 Å². The van der Waals surface area contributed by atoms with Gasteiger partial charge in [-0.3, -0.25) is 9.59 Å². The number of rotatable bonds is 8. The number of nitrogens with two attached hydrogens (primary N) is 1. The van der Waals surface area contributed by atoms with Crippen molar-refractivity contribution in [3.05, 3.63) is 24.3 Å². The van der Waals surface area contributed by atoms with Gasteiger partial charge in [0.05, 0.1) is 7.11 Å². The zero-order valence-corrected chi connectivity index (χ0v) is 11.9. The molecule has 110 valence electrons. The zero-order valence-electron chi connectivity index (χ0n) is 11.9. The lowest BCUT2D eigenvalue weighted by Gasteiger charge is -2.06. The monoisotopic (exact) mass is 278 g/mol. The number of ether oxygens (including phenoxy) is 1. The number of unbranched alkanes of at least 4 members (excludes halogenated alkanes) is 3. The van der Waals surface area contributed by atoms with Crippen molar-refractivity contribution < 1.29 is 14.3 Å². The first-order valence-electron chi connectivity index (χ1n) is 6.84. The molecule has 0 atom stereocenters. The van der Waals surface area contributed by atoms with Gasteiger partial charge in [0.2, 0.25) is 5.91 Å². The third-order valence-electron chi connectivity index (χ3n) is 2.93. The summed E-state index contributed by atoms with van der Waals surface area (Å²) >= 11 is 0. The van der Waals surface area contributed by atoms with Crippen LogP contribution in [0.5, 0.6) is 0 Å². The average Bonchev–Trinajstić information content (AvgIpc) is 2.42. The number of hydrogen-bond donors (Lipinski definition) is 2. The van der Waals surface area contributed by atoms with Crippen LogP contribution in [0.1, 0.15) is 38.5 Å². The van der Waals surface area contributed by atoms with Crippen molar-refractivity contribution in [1.29, 1.82) is 0 Å². The summed E-state index contributed by atoms with van der Waals surface area (Å²) in [6.07, 6.45) is 4.42. The Bertz CT molecular complexity index is 446. The normalized spacial score (nSPS) is 10.1. The maximum atomic E-state index is 11.7. The van der Waals surface area contributed by atoms with Crippen molar-refractivity contribution in [2.45, 2.75) is 38.5 Å². The van der Waals surface area contributed by atoms with E-state index in [0.717, 1.165) is 31.4 Å². The van der Waals surface area contributed by atoms with Crippen molar-refractivity contribution in [3.63, 3.8) is 0 Å². The molecule has 1 aromatic rings. The number of anilines is 2. The molecular formula is C15H22N2O3. The fourth-order valence-corrected chi connectivity index (χ4v) is 1.85. The van der Waals surface area contributed by atoms with E-state index < -0.39 is 0 Å². The summed E-state index contributed by atoms with van der Waals surface area (Å²) in [6, 6.07) is 7.12. The molecule has 0 bridgehead atoms. The van der Waals surface area contributed by atoms with E-state index in [4.69, 9.17) is 5.73 Å². The maximum Gasteiger partial charge on any atom is 0.305 e. The molecule has 0 spiro atoms. The predicted molar refractivity (Wildman–Crippen MR) is 79.2 cm³/mol. The van der Waals surface area contributed by atoms with E-state index in [9.17, 15) is 9.59 Å². The van der Waals surface area contributed by atoms with Gasteiger partial charge in [0, 0.05) is 24.2 Å². The quantitative estimate of drug-likeness (QED) is 0.435. The van der Waals surface area contributed by atoms with Crippen LogP contribution in [0.25, 0.3) is 0 Å². The van der Waals surface area contributed by atoms with Crippen LogP contribution in [-0.4, -0.2) is 19.0 Å². The lowest BCUT2D eigenvalue weighted by atomic mass is 10.1.